The average Bonchev–Trinajstić information content (AvgIpc) is 2.88. The maximum absolute atomic E-state index is 12.5. The highest BCUT2D eigenvalue weighted by Crippen LogP contribution is 2.24. The van der Waals surface area contributed by atoms with Crippen LogP contribution in [0.4, 0.5) is 0 Å². The number of methoxy groups -OCH3 is 2. The van der Waals surface area contributed by atoms with E-state index in [0.29, 0.717) is 0 Å². The lowest BCUT2D eigenvalue weighted by molar-refractivity contribution is 0.0687. The predicted octanol–water partition coefficient (Wildman–Crippen LogP) is 0.125. The van der Waals surface area contributed by atoms with E-state index in [-0.39, 0.29) is 30.5 Å². The Morgan fingerprint density at radius 3 is 2.35 bits per heavy atom. The molecule has 0 fully saturated rings. The van der Waals surface area contributed by atoms with Gasteiger partial charge in [0.2, 0.25) is 0 Å². The Morgan fingerprint density at radius 2 is 1.90 bits per heavy atom. The number of sulfonamides is 1. The Labute approximate surface area is 121 Å². The van der Waals surface area contributed by atoms with Crippen molar-refractivity contribution in [1.29, 1.82) is 0 Å². The first-order valence-corrected chi connectivity index (χ1v) is 7.92. The number of aromatic carboxylic acids is 1. The molecule has 0 aliphatic carbocycles. The van der Waals surface area contributed by atoms with Gasteiger partial charge in [-0.05, 0) is 0 Å². The van der Waals surface area contributed by atoms with Gasteiger partial charge in [0.05, 0.1) is 18.7 Å². The van der Waals surface area contributed by atoms with Crippen molar-refractivity contribution in [1.82, 2.24) is 9.29 Å². The van der Waals surface area contributed by atoms with E-state index in [9.17, 15) is 13.2 Å². The van der Waals surface area contributed by atoms with Gasteiger partial charge in [-0.25, -0.2) is 18.2 Å². The summed E-state index contributed by atoms with van der Waals surface area (Å²) in [6, 6.07) is 0. The average molecular weight is 324 g/mol. The Bertz CT molecular complexity index is 534. The van der Waals surface area contributed by atoms with Crippen LogP contribution in [0.3, 0.4) is 0 Å². The summed E-state index contributed by atoms with van der Waals surface area (Å²) >= 11 is 0.777. The van der Waals surface area contributed by atoms with Crippen LogP contribution in [-0.2, 0) is 19.5 Å². The van der Waals surface area contributed by atoms with Crippen molar-refractivity contribution < 1.29 is 27.8 Å². The standard InChI is InChI=1S/C10H16N2O6S2/c1-17-5-3-12(4-6-18-2)20(15,16)10-8(9(13)14)11-7-19-10/h7H,3-6H2,1-2H3,(H,13,14). The molecule has 0 amide bonds. The molecule has 1 aromatic heterocycles. The highest BCUT2D eigenvalue weighted by atomic mass is 32.2. The molecule has 0 aromatic carbocycles. The SMILES string of the molecule is COCCN(CCOC)S(=O)(=O)c1scnc1C(=O)O. The summed E-state index contributed by atoms with van der Waals surface area (Å²) in [7, 11) is -1.02. The molecule has 0 aliphatic heterocycles. The lowest BCUT2D eigenvalue weighted by Gasteiger charge is -2.20. The summed E-state index contributed by atoms with van der Waals surface area (Å²) in [4.78, 5) is 14.6. The number of hydrogen-bond donors (Lipinski definition) is 1. The summed E-state index contributed by atoms with van der Waals surface area (Å²) in [6.07, 6.45) is 0. The highest BCUT2D eigenvalue weighted by Gasteiger charge is 2.31. The van der Waals surface area contributed by atoms with Gasteiger partial charge >= 0.3 is 5.97 Å². The van der Waals surface area contributed by atoms with Crippen molar-refractivity contribution in [3.8, 4) is 0 Å². The predicted molar refractivity (Wildman–Crippen MR) is 71.6 cm³/mol. The molecule has 0 saturated heterocycles. The molecule has 1 N–H and O–H groups in total. The maximum atomic E-state index is 12.5. The highest BCUT2D eigenvalue weighted by molar-refractivity contribution is 7.91. The first-order valence-electron chi connectivity index (χ1n) is 5.60. The van der Waals surface area contributed by atoms with Crippen LogP contribution < -0.4 is 0 Å². The molecule has 0 spiro atoms. The fourth-order valence-electron chi connectivity index (χ4n) is 1.42. The topological polar surface area (TPSA) is 106 Å². The maximum Gasteiger partial charge on any atom is 0.356 e. The van der Waals surface area contributed by atoms with Crippen molar-refractivity contribution in [2.45, 2.75) is 4.21 Å². The molecule has 114 valence electrons. The molecule has 0 aliphatic rings. The molecule has 0 unspecified atom stereocenters. The normalized spacial score (nSPS) is 11.9. The summed E-state index contributed by atoms with van der Waals surface area (Å²) < 4.78 is 35.5. The number of rotatable bonds is 9. The fraction of sp³-hybridized carbons (Fsp3) is 0.600. The molecular formula is C10H16N2O6S2. The van der Waals surface area contributed by atoms with E-state index in [1.54, 1.807) is 0 Å². The fourth-order valence-corrected chi connectivity index (χ4v) is 4.10. The van der Waals surface area contributed by atoms with Gasteiger partial charge in [0, 0.05) is 27.3 Å². The van der Waals surface area contributed by atoms with Crippen LogP contribution in [0.5, 0.6) is 0 Å². The van der Waals surface area contributed by atoms with Crippen LogP contribution in [0.1, 0.15) is 10.5 Å². The molecule has 8 nitrogen and oxygen atoms in total. The van der Waals surface area contributed by atoms with E-state index in [1.807, 2.05) is 0 Å². The van der Waals surface area contributed by atoms with E-state index in [4.69, 9.17) is 14.6 Å². The monoisotopic (exact) mass is 324 g/mol. The number of nitrogens with zero attached hydrogens (tertiary/aromatic N) is 2. The van der Waals surface area contributed by atoms with Crippen LogP contribution in [-0.4, -0.2) is 69.3 Å². The number of carboxylic acids is 1. The van der Waals surface area contributed by atoms with Gasteiger partial charge in [-0.2, -0.15) is 4.31 Å². The first kappa shape index (κ1) is 17.0. The Balaban J connectivity index is 3.07. The van der Waals surface area contributed by atoms with Gasteiger partial charge in [-0.3, -0.25) is 0 Å². The lowest BCUT2D eigenvalue weighted by Crippen LogP contribution is -2.36. The van der Waals surface area contributed by atoms with Crippen LogP contribution in [0.25, 0.3) is 0 Å². The minimum atomic E-state index is -3.93. The van der Waals surface area contributed by atoms with Crippen molar-refractivity contribution >= 4 is 27.3 Å². The minimum absolute atomic E-state index is 0.110. The molecule has 20 heavy (non-hydrogen) atoms. The number of aromatic nitrogens is 1. The quantitative estimate of drug-likeness (QED) is 0.688. The first-order chi connectivity index (χ1) is 9.45. The largest absolute Gasteiger partial charge is 0.476 e. The Hall–Kier alpha value is -1.07. The molecule has 0 radical (unpaired) electrons. The van der Waals surface area contributed by atoms with Crippen molar-refractivity contribution in [3.63, 3.8) is 0 Å². The van der Waals surface area contributed by atoms with E-state index in [0.717, 1.165) is 15.6 Å². The third-order valence-corrected chi connectivity index (χ3v) is 5.65. The van der Waals surface area contributed by atoms with E-state index < -0.39 is 21.7 Å². The third-order valence-electron chi connectivity index (χ3n) is 2.40. The summed E-state index contributed by atoms with van der Waals surface area (Å²) in [5.74, 6) is -1.37. The van der Waals surface area contributed by atoms with Crippen molar-refractivity contribution in [2.24, 2.45) is 0 Å². The van der Waals surface area contributed by atoms with E-state index in [2.05, 4.69) is 4.98 Å². The summed E-state index contributed by atoms with van der Waals surface area (Å²) in [5.41, 5.74) is 0.732. The van der Waals surface area contributed by atoms with Crippen molar-refractivity contribution in [2.75, 3.05) is 40.5 Å². The minimum Gasteiger partial charge on any atom is -0.476 e. The molecular weight excluding hydrogens is 308 g/mol. The van der Waals surface area contributed by atoms with Gasteiger partial charge in [0.1, 0.15) is 0 Å². The van der Waals surface area contributed by atoms with E-state index in [1.165, 1.54) is 19.7 Å². The number of hydrogen-bond acceptors (Lipinski definition) is 7. The Morgan fingerprint density at radius 1 is 1.35 bits per heavy atom. The molecule has 0 bridgehead atoms. The number of thiazole rings is 1. The van der Waals surface area contributed by atoms with Crippen LogP contribution in [0.15, 0.2) is 9.72 Å². The zero-order chi connectivity index (χ0) is 15.2. The summed E-state index contributed by atoms with van der Waals surface area (Å²) in [5, 5.41) is 8.96. The second-order valence-corrected chi connectivity index (χ2v) is 6.67. The van der Waals surface area contributed by atoms with Crippen molar-refractivity contribution in [3.05, 3.63) is 11.2 Å². The molecule has 10 heteroatoms. The smallest absolute Gasteiger partial charge is 0.356 e. The molecule has 1 aromatic rings. The van der Waals surface area contributed by atoms with Crippen LogP contribution in [0, 0.1) is 0 Å². The zero-order valence-electron chi connectivity index (χ0n) is 11.1. The summed E-state index contributed by atoms with van der Waals surface area (Å²) in [6.45, 7) is 0.618. The third kappa shape index (κ3) is 3.96. The number of carbonyl (C=O) groups is 1. The van der Waals surface area contributed by atoms with Crippen LogP contribution in [0.2, 0.25) is 0 Å². The second kappa shape index (κ2) is 7.64. The number of ether oxygens (including phenoxy) is 2. The molecule has 1 rings (SSSR count). The van der Waals surface area contributed by atoms with E-state index >= 15 is 0 Å². The number of carboxylic acid groups (broad SMARTS) is 1. The Kier molecular flexibility index (Phi) is 6.49. The van der Waals surface area contributed by atoms with Crippen LogP contribution >= 0.6 is 11.3 Å². The van der Waals surface area contributed by atoms with Gasteiger partial charge < -0.3 is 14.6 Å². The second-order valence-electron chi connectivity index (χ2n) is 3.68. The van der Waals surface area contributed by atoms with Gasteiger partial charge in [-0.15, -0.1) is 11.3 Å². The van der Waals surface area contributed by atoms with Gasteiger partial charge in [0.15, 0.2) is 9.90 Å². The lowest BCUT2D eigenvalue weighted by atomic mass is 10.5. The van der Waals surface area contributed by atoms with Gasteiger partial charge in [0.25, 0.3) is 10.0 Å². The molecule has 0 atom stereocenters. The zero-order valence-corrected chi connectivity index (χ0v) is 12.7. The molecule has 0 saturated carbocycles. The molecule has 1 heterocycles. The van der Waals surface area contributed by atoms with Gasteiger partial charge in [-0.1, -0.05) is 0 Å².